The zero-order chi connectivity index (χ0) is 28.7. The van der Waals surface area contributed by atoms with E-state index in [0.29, 0.717) is 4.90 Å². The van der Waals surface area contributed by atoms with Gasteiger partial charge in [0.2, 0.25) is 0 Å². The average Bonchev–Trinajstić information content (AvgIpc) is 3.41. The van der Waals surface area contributed by atoms with Gasteiger partial charge in [-0.05, 0) is 91.8 Å². The lowest BCUT2D eigenvalue weighted by Gasteiger charge is -2.32. The van der Waals surface area contributed by atoms with E-state index < -0.39 is 9.84 Å². The third kappa shape index (κ3) is 6.32. The fourth-order valence-electron chi connectivity index (χ4n) is 5.55. The van der Waals surface area contributed by atoms with Gasteiger partial charge >= 0.3 is 0 Å². The second-order valence-electron chi connectivity index (χ2n) is 11.0. The van der Waals surface area contributed by atoms with E-state index in [1.165, 1.54) is 47.1 Å². The molecule has 2 heterocycles. The number of allylic oxidation sites excluding steroid dienone is 4. The first-order valence-electron chi connectivity index (χ1n) is 13.4. The highest BCUT2D eigenvalue weighted by atomic mass is 32.2. The minimum absolute atomic E-state index is 0.137. The summed E-state index contributed by atoms with van der Waals surface area (Å²) in [6, 6.07) is 11.9. The van der Waals surface area contributed by atoms with E-state index in [1.807, 2.05) is 23.9 Å². The van der Waals surface area contributed by atoms with Crippen LogP contribution in [0.3, 0.4) is 0 Å². The smallest absolute Gasteiger partial charge is 0.175 e. The van der Waals surface area contributed by atoms with E-state index in [2.05, 4.69) is 73.9 Å². The molecule has 5 rings (SSSR count). The highest BCUT2D eigenvalue weighted by Crippen LogP contribution is 2.50. The maximum absolute atomic E-state index is 12.2. The summed E-state index contributed by atoms with van der Waals surface area (Å²) in [4.78, 5) is 13.2. The van der Waals surface area contributed by atoms with Crippen LogP contribution in [0.5, 0.6) is 0 Å². The van der Waals surface area contributed by atoms with Crippen LogP contribution in [0.15, 0.2) is 90.4 Å². The summed E-state index contributed by atoms with van der Waals surface area (Å²) in [6.45, 7) is 10.7. The molecule has 0 N–H and O–H groups in total. The normalized spacial score (nSPS) is 22.1. The molecule has 0 amide bonds. The van der Waals surface area contributed by atoms with Crippen molar-refractivity contribution in [1.82, 2.24) is 0 Å². The molecule has 0 saturated heterocycles. The number of thioether (sulfide) groups is 2. The van der Waals surface area contributed by atoms with Gasteiger partial charge in [-0.15, -0.1) is 0 Å². The lowest BCUT2D eigenvalue weighted by Crippen LogP contribution is -2.28. The van der Waals surface area contributed by atoms with Gasteiger partial charge in [0.15, 0.2) is 9.84 Å². The number of benzene rings is 2. The highest BCUT2D eigenvalue weighted by molar-refractivity contribution is 8.03. The van der Waals surface area contributed by atoms with Crippen molar-refractivity contribution in [2.24, 2.45) is 5.41 Å². The molecule has 10 heteroatoms. The first-order chi connectivity index (χ1) is 19.0. The molecule has 0 aromatic heterocycles. The van der Waals surface area contributed by atoms with E-state index in [0.717, 1.165) is 46.4 Å². The zero-order valence-electron chi connectivity index (χ0n) is 23.8. The Morgan fingerprint density at radius 3 is 2.55 bits per heavy atom. The zero-order valence-corrected chi connectivity index (χ0v) is 27.0. The molecule has 0 fully saturated rings. The van der Waals surface area contributed by atoms with Crippen molar-refractivity contribution in [3.8, 4) is 0 Å². The maximum Gasteiger partial charge on any atom is 0.175 e. The molecule has 40 heavy (non-hydrogen) atoms. The van der Waals surface area contributed by atoms with Crippen molar-refractivity contribution in [1.29, 1.82) is 0 Å². The molecule has 6 nitrogen and oxygen atoms in total. The first-order valence-corrected chi connectivity index (χ1v) is 17.7. The van der Waals surface area contributed by atoms with Gasteiger partial charge in [-0.2, -0.15) is 4.33 Å². The van der Waals surface area contributed by atoms with Crippen LogP contribution in [-0.2, 0) is 19.1 Å². The Bertz CT molecular complexity index is 1500. The third-order valence-electron chi connectivity index (χ3n) is 7.18. The Morgan fingerprint density at radius 1 is 1.07 bits per heavy atom. The summed E-state index contributed by atoms with van der Waals surface area (Å²) in [7, 11) is -1.75. The predicted molar refractivity (Wildman–Crippen MR) is 169 cm³/mol. The Morgan fingerprint density at radius 2 is 1.85 bits per heavy atom. The summed E-state index contributed by atoms with van der Waals surface area (Å²) in [6.07, 6.45) is 10.4. The first kappa shape index (κ1) is 29.7. The van der Waals surface area contributed by atoms with E-state index in [-0.39, 0.29) is 10.8 Å². The van der Waals surface area contributed by atoms with Crippen LogP contribution < -0.4 is 9.80 Å². The summed E-state index contributed by atoms with van der Waals surface area (Å²) < 4.78 is 29.4. The van der Waals surface area contributed by atoms with Crippen molar-refractivity contribution in [2.75, 3.05) is 36.3 Å². The van der Waals surface area contributed by atoms with E-state index in [1.54, 1.807) is 17.8 Å². The van der Waals surface area contributed by atoms with Crippen molar-refractivity contribution >= 4 is 56.8 Å². The Hall–Kier alpha value is -1.82. The molecule has 2 aliphatic heterocycles. The summed E-state index contributed by atoms with van der Waals surface area (Å²) >= 11 is 4.83. The number of anilines is 2. The predicted octanol–water partition coefficient (Wildman–Crippen LogP) is 8.08. The Labute approximate surface area is 251 Å². The SMILES string of the molecule is CCN1/C(=C/C2=CC(=C/C3Sc4ccc(SOOC)cc4N3CC)/CC(C)(C)C2)Sc2ccc(S(C)(=O)=O)cc21. The summed E-state index contributed by atoms with van der Waals surface area (Å²) in [5.41, 5.74) is 5.00. The summed E-state index contributed by atoms with van der Waals surface area (Å²) in [5, 5.41) is 1.37. The quantitative estimate of drug-likeness (QED) is 0.166. The molecule has 0 saturated carbocycles. The lowest BCUT2D eigenvalue weighted by molar-refractivity contribution is -0.160. The van der Waals surface area contributed by atoms with E-state index in [9.17, 15) is 8.42 Å². The maximum atomic E-state index is 12.2. The number of hydrogen-bond donors (Lipinski definition) is 0. The highest BCUT2D eigenvalue weighted by Gasteiger charge is 2.32. The molecule has 3 aliphatic rings. The van der Waals surface area contributed by atoms with Gasteiger partial charge < -0.3 is 9.80 Å². The van der Waals surface area contributed by atoms with Crippen LogP contribution in [0.25, 0.3) is 0 Å². The lowest BCUT2D eigenvalue weighted by atomic mass is 9.75. The van der Waals surface area contributed by atoms with Crippen LogP contribution >= 0.6 is 35.6 Å². The van der Waals surface area contributed by atoms with Gasteiger partial charge in [0.1, 0.15) is 0 Å². The minimum atomic E-state index is -3.26. The standard InChI is InChI=1S/C30H36N2O4S4/c1-7-31-24-16-22(39-36-35-5)9-11-26(24)37-28(31)14-20-13-21(19-30(3,4)18-20)15-29-32(8-2)25-17-23(40(6,33)34)10-12-27(25)38-29/h9-17,28H,7-8,18-19H2,1-6H3/b20-14-,29-15-. The van der Waals surface area contributed by atoms with Crippen molar-refractivity contribution in [2.45, 2.75) is 65.5 Å². The van der Waals surface area contributed by atoms with Crippen molar-refractivity contribution in [3.63, 3.8) is 0 Å². The molecular weight excluding hydrogens is 581 g/mol. The molecular formula is C30H36N2O4S4. The number of rotatable bonds is 8. The number of nitrogens with zero attached hydrogens (tertiary/aromatic N) is 2. The van der Waals surface area contributed by atoms with Gasteiger partial charge in [-0.1, -0.05) is 43.4 Å². The summed E-state index contributed by atoms with van der Waals surface area (Å²) in [5.74, 6) is 0. The van der Waals surface area contributed by atoms with Crippen LogP contribution in [-0.4, -0.2) is 40.2 Å². The van der Waals surface area contributed by atoms with Crippen LogP contribution in [0, 0.1) is 5.41 Å². The minimum Gasteiger partial charge on any atom is -0.355 e. The molecule has 0 radical (unpaired) electrons. The molecule has 214 valence electrons. The molecule has 1 unspecified atom stereocenters. The van der Waals surface area contributed by atoms with Gasteiger partial charge in [-0.3, -0.25) is 0 Å². The second-order valence-corrected chi connectivity index (χ2v) is 16.0. The topological polar surface area (TPSA) is 59.1 Å². The molecule has 2 aromatic rings. The number of hydrogen-bond acceptors (Lipinski definition) is 9. The van der Waals surface area contributed by atoms with Gasteiger partial charge in [0, 0.05) is 34.0 Å². The van der Waals surface area contributed by atoms with Crippen LogP contribution in [0.4, 0.5) is 11.4 Å². The number of likely N-dealkylation sites (N-methyl/N-ethyl adjacent to an activating group) is 1. The Balaban J connectivity index is 1.43. The number of fused-ring (bicyclic) bond motifs is 2. The fourth-order valence-corrected chi connectivity index (χ4v) is 9.14. The number of sulfone groups is 1. The Kier molecular flexibility index (Phi) is 8.76. The van der Waals surface area contributed by atoms with Crippen molar-refractivity contribution in [3.05, 3.63) is 70.8 Å². The average molecular weight is 617 g/mol. The largest absolute Gasteiger partial charge is 0.355 e. The molecule has 0 bridgehead atoms. The van der Waals surface area contributed by atoms with Crippen molar-refractivity contribution < 1.29 is 17.6 Å². The van der Waals surface area contributed by atoms with Gasteiger partial charge in [-0.25, -0.2) is 13.3 Å². The van der Waals surface area contributed by atoms with Crippen LogP contribution in [0.2, 0.25) is 0 Å². The second kappa shape index (κ2) is 11.8. The van der Waals surface area contributed by atoms with Gasteiger partial charge in [0.25, 0.3) is 0 Å². The molecule has 1 atom stereocenters. The van der Waals surface area contributed by atoms with Crippen LogP contribution in [0.1, 0.15) is 40.5 Å². The fraction of sp³-hybridized carbons (Fsp3) is 0.400. The molecule has 1 aliphatic carbocycles. The molecule has 0 spiro atoms. The monoisotopic (exact) mass is 616 g/mol. The molecule has 2 aromatic carbocycles. The van der Waals surface area contributed by atoms with Gasteiger partial charge in [0.05, 0.1) is 45.8 Å². The third-order valence-corrected chi connectivity index (χ3v) is 11.3. The van der Waals surface area contributed by atoms with E-state index >= 15 is 0 Å². The van der Waals surface area contributed by atoms with E-state index in [4.69, 9.17) is 9.22 Å².